The summed E-state index contributed by atoms with van der Waals surface area (Å²) in [4.78, 5) is 11.3. The van der Waals surface area contributed by atoms with Crippen molar-refractivity contribution in [3.63, 3.8) is 0 Å². The average Bonchev–Trinajstić information content (AvgIpc) is 2.32. The molecule has 2 rings (SSSR count). The molecule has 0 spiro atoms. The third-order valence-electron chi connectivity index (χ3n) is 2.83. The van der Waals surface area contributed by atoms with Gasteiger partial charge in [-0.3, -0.25) is 0 Å². The van der Waals surface area contributed by atoms with Crippen molar-refractivity contribution in [3.8, 4) is 0 Å². The van der Waals surface area contributed by atoms with Gasteiger partial charge in [0, 0.05) is 20.1 Å². The van der Waals surface area contributed by atoms with Crippen molar-refractivity contribution < 1.29 is 4.74 Å². The Hall–Kier alpha value is -0.470. The Morgan fingerprint density at radius 2 is 2.24 bits per heavy atom. The second-order valence-corrected chi connectivity index (χ2v) is 5.28. The van der Waals surface area contributed by atoms with Gasteiger partial charge in [0.15, 0.2) is 5.82 Å². The molecular formula is C11H17IN4O. The summed E-state index contributed by atoms with van der Waals surface area (Å²) in [7, 11) is 3.97. The molecule has 1 aromatic rings. The topological polar surface area (TPSA) is 50.3 Å². The molecule has 1 unspecified atom stereocenters. The van der Waals surface area contributed by atoms with E-state index in [2.05, 4.69) is 49.8 Å². The molecule has 1 atom stereocenters. The van der Waals surface area contributed by atoms with Crippen molar-refractivity contribution in [1.82, 2.24) is 14.9 Å². The molecule has 6 heteroatoms. The minimum atomic E-state index is -0.0171. The first-order chi connectivity index (χ1) is 8.11. The van der Waals surface area contributed by atoms with Crippen molar-refractivity contribution >= 4 is 28.4 Å². The maximum atomic E-state index is 5.73. The van der Waals surface area contributed by atoms with Gasteiger partial charge in [0.1, 0.15) is 11.9 Å². The van der Waals surface area contributed by atoms with E-state index in [0.717, 1.165) is 40.6 Å². The highest BCUT2D eigenvalue weighted by Gasteiger charge is 2.23. The minimum absolute atomic E-state index is 0.0171. The summed E-state index contributed by atoms with van der Waals surface area (Å²) in [6, 6.07) is 0. The summed E-state index contributed by atoms with van der Waals surface area (Å²) in [5, 5.41) is 3.10. The summed E-state index contributed by atoms with van der Waals surface area (Å²) >= 11 is 2.26. The van der Waals surface area contributed by atoms with Gasteiger partial charge in [-0.15, -0.1) is 0 Å². The highest BCUT2D eigenvalue weighted by molar-refractivity contribution is 14.1. The van der Waals surface area contributed by atoms with Gasteiger partial charge in [-0.25, -0.2) is 9.97 Å². The van der Waals surface area contributed by atoms with Crippen LogP contribution < -0.4 is 5.32 Å². The van der Waals surface area contributed by atoms with Crippen LogP contribution in [-0.4, -0.2) is 48.7 Å². The second kappa shape index (κ2) is 5.45. The monoisotopic (exact) mass is 348 g/mol. The number of hydrogen-bond donors (Lipinski definition) is 1. The zero-order valence-electron chi connectivity index (χ0n) is 10.3. The number of anilines is 1. The van der Waals surface area contributed by atoms with Gasteiger partial charge in [-0.2, -0.15) is 0 Å². The second-order valence-electron chi connectivity index (χ2n) is 4.20. The van der Waals surface area contributed by atoms with E-state index in [1.165, 1.54) is 0 Å². The number of likely N-dealkylation sites (N-methyl/N-ethyl adjacent to an activating group) is 1. The lowest BCUT2D eigenvalue weighted by Gasteiger charge is -2.29. The number of aryl methyl sites for hydroxylation is 1. The number of ether oxygens (including phenoxy) is 1. The fourth-order valence-corrected chi connectivity index (χ4v) is 2.34. The van der Waals surface area contributed by atoms with Crippen molar-refractivity contribution in [3.05, 3.63) is 15.1 Å². The lowest BCUT2D eigenvalue weighted by molar-refractivity contribution is -0.0255. The third kappa shape index (κ3) is 2.86. The minimum Gasteiger partial charge on any atom is -0.372 e. The van der Waals surface area contributed by atoms with E-state index < -0.39 is 0 Å². The number of morpholine rings is 1. The summed E-state index contributed by atoms with van der Waals surface area (Å²) in [6.07, 6.45) is -0.0171. The summed E-state index contributed by atoms with van der Waals surface area (Å²) in [5.74, 6) is 1.66. The highest BCUT2D eigenvalue weighted by atomic mass is 127. The predicted molar refractivity (Wildman–Crippen MR) is 75.2 cm³/mol. The lowest BCUT2D eigenvalue weighted by Crippen LogP contribution is -2.36. The molecule has 1 aromatic heterocycles. The first kappa shape index (κ1) is 13.0. The molecule has 1 saturated heterocycles. The summed E-state index contributed by atoms with van der Waals surface area (Å²) in [6.45, 7) is 4.56. The van der Waals surface area contributed by atoms with Crippen LogP contribution in [0.15, 0.2) is 0 Å². The fraction of sp³-hybridized carbons (Fsp3) is 0.636. The molecule has 0 bridgehead atoms. The molecule has 2 heterocycles. The molecule has 1 N–H and O–H groups in total. The third-order valence-corrected chi connectivity index (χ3v) is 4.12. The van der Waals surface area contributed by atoms with E-state index in [1.807, 2.05) is 14.0 Å². The molecule has 1 aliphatic rings. The van der Waals surface area contributed by atoms with E-state index in [-0.39, 0.29) is 6.10 Å². The average molecular weight is 348 g/mol. The van der Waals surface area contributed by atoms with Crippen LogP contribution in [0, 0.1) is 10.5 Å². The number of aromatic nitrogens is 2. The van der Waals surface area contributed by atoms with E-state index in [4.69, 9.17) is 4.74 Å². The standard InChI is InChI=1S/C11H17IN4O/c1-7-9(12)11(13-2)15-10(14-7)8-6-16(3)4-5-17-8/h8H,4-6H2,1-3H3,(H,13,14,15). The van der Waals surface area contributed by atoms with Gasteiger partial charge in [0.2, 0.25) is 0 Å². The van der Waals surface area contributed by atoms with Crippen molar-refractivity contribution in [1.29, 1.82) is 0 Å². The van der Waals surface area contributed by atoms with E-state index in [1.54, 1.807) is 0 Å². The predicted octanol–water partition coefficient (Wildman–Crippen LogP) is 1.43. The first-order valence-corrected chi connectivity index (χ1v) is 6.71. The molecule has 94 valence electrons. The van der Waals surface area contributed by atoms with Gasteiger partial charge >= 0.3 is 0 Å². The Morgan fingerprint density at radius 1 is 1.47 bits per heavy atom. The smallest absolute Gasteiger partial charge is 0.161 e. The Morgan fingerprint density at radius 3 is 2.88 bits per heavy atom. The summed E-state index contributed by atoms with van der Waals surface area (Å²) in [5.41, 5.74) is 0.997. The SMILES string of the molecule is CNc1nc(C2CN(C)CCO2)nc(C)c1I. The zero-order valence-corrected chi connectivity index (χ0v) is 12.5. The Labute approximate surface area is 115 Å². The molecule has 0 saturated carbocycles. The Bertz CT molecular complexity index is 413. The zero-order chi connectivity index (χ0) is 12.4. The van der Waals surface area contributed by atoms with Crippen LogP contribution in [0.1, 0.15) is 17.6 Å². The van der Waals surface area contributed by atoms with Gasteiger partial charge in [-0.1, -0.05) is 0 Å². The molecule has 0 aliphatic carbocycles. The number of nitrogens with one attached hydrogen (secondary N) is 1. The van der Waals surface area contributed by atoms with E-state index in [0.29, 0.717) is 0 Å². The van der Waals surface area contributed by atoms with Crippen LogP contribution in [0.25, 0.3) is 0 Å². The largest absolute Gasteiger partial charge is 0.372 e. The lowest BCUT2D eigenvalue weighted by atomic mass is 10.2. The molecule has 5 nitrogen and oxygen atoms in total. The molecule has 17 heavy (non-hydrogen) atoms. The van der Waals surface area contributed by atoms with Gasteiger partial charge < -0.3 is 15.0 Å². The van der Waals surface area contributed by atoms with Crippen molar-refractivity contribution in [2.24, 2.45) is 0 Å². The molecule has 0 aromatic carbocycles. The molecule has 0 amide bonds. The molecular weight excluding hydrogens is 331 g/mol. The van der Waals surface area contributed by atoms with Crippen LogP contribution in [0.5, 0.6) is 0 Å². The first-order valence-electron chi connectivity index (χ1n) is 5.63. The molecule has 1 aliphatic heterocycles. The molecule has 1 fully saturated rings. The highest BCUT2D eigenvalue weighted by Crippen LogP contribution is 2.24. The number of nitrogens with zero attached hydrogens (tertiary/aromatic N) is 3. The summed E-state index contributed by atoms with van der Waals surface area (Å²) < 4.78 is 6.80. The quantitative estimate of drug-likeness (QED) is 0.820. The van der Waals surface area contributed by atoms with Crippen LogP contribution in [0.2, 0.25) is 0 Å². The number of hydrogen-bond acceptors (Lipinski definition) is 5. The van der Waals surface area contributed by atoms with Crippen LogP contribution in [0.3, 0.4) is 0 Å². The maximum Gasteiger partial charge on any atom is 0.161 e. The number of rotatable bonds is 2. The van der Waals surface area contributed by atoms with Crippen LogP contribution in [0.4, 0.5) is 5.82 Å². The molecule has 0 radical (unpaired) electrons. The van der Waals surface area contributed by atoms with Crippen molar-refractivity contribution in [2.45, 2.75) is 13.0 Å². The van der Waals surface area contributed by atoms with Crippen molar-refractivity contribution in [2.75, 3.05) is 39.1 Å². The Balaban J connectivity index is 2.29. The van der Waals surface area contributed by atoms with Crippen LogP contribution in [-0.2, 0) is 4.74 Å². The Kier molecular flexibility index (Phi) is 4.16. The normalized spacial score (nSPS) is 21.5. The van der Waals surface area contributed by atoms with E-state index in [9.17, 15) is 0 Å². The van der Waals surface area contributed by atoms with Gasteiger partial charge in [0.05, 0.1) is 15.9 Å². The van der Waals surface area contributed by atoms with E-state index >= 15 is 0 Å². The van der Waals surface area contributed by atoms with Gasteiger partial charge in [-0.05, 0) is 36.6 Å². The maximum absolute atomic E-state index is 5.73. The fourth-order valence-electron chi connectivity index (χ4n) is 1.82. The van der Waals surface area contributed by atoms with Crippen LogP contribution >= 0.6 is 22.6 Å². The van der Waals surface area contributed by atoms with Gasteiger partial charge in [0.25, 0.3) is 0 Å². The number of halogens is 1.